The van der Waals surface area contributed by atoms with Gasteiger partial charge in [-0.15, -0.1) is 0 Å². The van der Waals surface area contributed by atoms with Crippen molar-refractivity contribution in [3.05, 3.63) is 59.7 Å². The van der Waals surface area contributed by atoms with Crippen molar-refractivity contribution in [3.63, 3.8) is 0 Å². The van der Waals surface area contributed by atoms with Crippen molar-refractivity contribution in [2.75, 3.05) is 24.5 Å². The Morgan fingerprint density at radius 1 is 1.00 bits per heavy atom. The molecule has 1 amide bonds. The molecule has 1 unspecified atom stereocenters. The van der Waals surface area contributed by atoms with Gasteiger partial charge in [0.1, 0.15) is 0 Å². The van der Waals surface area contributed by atoms with E-state index >= 15 is 0 Å². The molecule has 2 aromatic rings. The zero-order valence-electron chi connectivity index (χ0n) is 18.1. The first-order valence-corrected chi connectivity index (χ1v) is 12.6. The number of piperidine rings is 1. The van der Waals surface area contributed by atoms with E-state index in [4.69, 9.17) is 0 Å². The third-order valence-corrected chi connectivity index (χ3v) is 8.33. The largest absolute Gasteiger partial charge is 0.371 e. The summed E-state index contributed by atoms with van der Waals surface area (Å²) in [5.74, 6) is -0.264. The van der Waals surface area contributed by atoms with Gasteiger partial charge in [0.2, 0.25) is 10.0 Å². The predicted octanol–water partition coefficient (Wildman–Crippen LogP) is 3.78. The Hall–Kier alpha value is -2.38. The Labute approximate surface area is 185 Å². The van der Waals surface area contributed by atoms with Crippen molar-refractivity contribution >= 4 is 21.6 Å². The van der Waals surface area contributed by atoms with Crippen molar-refractivity contribution < 1.29 is 13.2 Å². The van der Waals surface area contributed by atoms with Crippen molar-refractivity contribution in [3.8, 4) is 0 Å². The Morgan fingerprint density at radius 2 is 1.74 bits per heavy atom. The molecule has 2 heterocycles. The molecule has 4 rings (SSSR count). The monoisotopic (exact) mass is 441 g/mol. The van der Waals surface area contributed by atoms with Gasteiger partial charge < -0.3 is 10.2 Å². The lowest BCUT2D eigenvalue weighted by molar-refractivity contribution is 0.0950. The van der Waals surface area contributed by atoms with Gasteiger partial charge in [0, 0.05) is 43.5 Å². The molecule has 0 saturated carbocycles. The Balaban J connectivity index is 1.48. The second-order valence-corrected chi connectivity index (χ2v) is 10.4. The van der Waals surface area contributed by atoms with Crippen LogP contribution in [0.1, 0.15) is 54.9 Å². The zero-order valence-corrected chi connectivity index (χ0v) is 18.9. The first kappa shape index (κ1) is 21.8. The van der Waals surface area contributed by atoms with Crippen LogP contribution in [0.2, 0.25) is 0 Å². The van der Waals surface area contributed by atoms with Gasteiger partial charge in [-0.1, -0.05) is 30.7 Å². The standard InChI is InChI=1S/C24H31N3O3S/c1-19-9-4-5-16-27(19)31(29,30)22-12-8-11-20(17-22)24(28)25-18-21-10-2-3-13-23(21)26-14-6-7-15-26/h2-3,8,10-13,17,19H,4-7,9,14-16,18H2,1H3,(H,25,28). The lowest BCUT2D eigenvalue weighted by Crippen LogP contribution is -2.42. The van der Waals surface area contributed by atoms with E-state index in [9.17, 15) is 13.2 Å². The lowest BCUT2D eigenvalue weighted by Gasteiger charge is -2.32. The minimum absolute atomic E-state index is 0.0154. The maximum Gasteiger partial charge on any atom is 0.251 e. The third-order valence-electron chi connectivity index (χ3n) is 6.32. The molecule has 1 N–H and O–H groups in total. The van der Waals surface area contributed by atoms with Crippen LogP contribution < -0.4 is 10.2 Å². The van der Waals surface area contributed by atoms with Gasteiger partial charge in [0.05, 0.1) is 4.90 Å². The van der Waals surface area contributed by atoms with Crippen LogP contribution in [0.4, 0.5) is 5.69 Å². The number of sulfonamides is 1. The minimum Gasteiger partial charge on any atom is -0.371 e. The molecule has 166 valence electrons. The summed E-state index contributed by atoms with van der Waals surface area (Å²) in [4.78, 5) is 15.4. The van der Waals surface area contributed by atoms with Crippen LogP contribution >= 0.6 is 0 Å². The Morgan fingerprint density at radius 3 is 2.52 bits per heavy atom. The number of rotatable bonds is 6. The molecule has 0 aliphatic carbocycles. The van der Waals surface area contributed by atoms with Crippen LogP contribution in [0, 0.1) is 0 Å². The van der Waals surface area contributed by atoms with E-state index in [1.165, 1.54) is 18.9 Å². The van der Waals surface area contributed by atoms with Crippen LogP contribution in [0.3, 0.4) is 0 Å². The topological polar surface area (TPSA) is 69.7 Å². The number of para-hydroxylation sites is 1. The number of carbonyl (C=O) groups is 1. The van der Waals surface area contributed by atoms with Gasteiger partial charge >= 0.3 is 0 Å². The zero-order chi connectivity index (χ0) is 21.8. The summed E-state index contributed by atoms with van der Waals surface area (Å²) in [6, 6.07) is 14.5. The number of carbonyl (C=O) groups excluding carboxylic acids is 1. The predicted molar refractivity (Wildman–Crippen MR) is 123 cm³/mol. The smallest absolute Gasteiger partial charge is 0.251 e. The molecule has 0 bridgehead atoms. The van der Waals surface area contributed by atoms with E-state index in [1.54, 1.807) is 22.5 Å². The van der Waals surface area contributed by atoms with Crippen LogP contribution in [-0.4, -0.2) is 44.3 Å². The van der Waals surface area contributed by atoms with Gasteiger partial charge in [-0.05, 0) is 62.4 Å². The van der Waals surface area contributed by atoms with Gasteiger partial charge in [-0.25, -0.2) is 8.42 Å². The van der Waals surface area contributed by atoms with Crippen molar-refractivity contribution in [2.24, 2.45) is 0 Å². The molecule has 6 nitrogen and oxygen atoms in total. The maximum atomic E-state index is 13.1. The van der Waals surface area contributed by atoms with Gasteiger partial charge in [-0.3, -0.25) is 4.79 Å². The molecular weight excluding hydrogens is 410 g/mol. The van der Waals surface area contributed by atoms with Gasteiger partial charge in [0.25, 0.3) is 5.91 Å². The van der Waals surface area contributed by atoms with E-state index in [0.29, 0.717) is 18.7 Å². The second-order valence-electron chi connectivity index (χ2n) is 8.49. The summed E-state index contributed by atoms with van der Waals surface area (Å²) in [7, 11) is -3.61. The van der Waals surface area contributed by atoms with Crippen LogP contribution in [0.25, 0.3) is 0 Å². The van der Waals surface area contributed by atoms with Crippen LogP contribution in [-0.2, 0) is 16.6 Å². The molecule has 0 radical (unpaired) electrons. The summed E-state index contributed by atoms with van der Waals surface area (Å²) >= 11 is 0. The number of nitrogens with one attached hydrogen (secondary N) is 1. The average molecular weight is 442 g/mol. The average Bonchev–Trinajstić information content (AvgIpc) is 3.33. The van der Waals surface area contributed by atoms with Crippen LogP contribution in [0.15, 0.2) is 53.4 Å². The van der Waals surface area contributed by atoms with Crippen molar-refractivity contribution in [1.29, 1.82) is 0 Å². The normalized spacial score (nSPS) is 20.0. The molecule has 2 aliphatic heterocycles. The summed E-state index contributed by atoms with van der Waals surface area (Å²) in [5, 5.41) is 2.97. The highest BCUT2D eigenvalue weighted by atomic mass is 32.2. The molecule has 7 heteroatoms. The minimum atomic E-state index is -3.61. The quantitative estimate of drug-likeness (QED) is 0.741. The lowest BCUT2D eigenvalue weighted by atomic mass is 10.1. The van der Waals surface area contributed by atoms with E-state index in [2.05, 4.69) is 16.3 Å². The summed E-state index contributed by atoms with van der Waals surface area (Å²) in [6.07, 6.45) is 5.18. The van der Waals surface area contributed by atoms with Crippen molar-refractivity contribution in [2.45, 2.75) is 56.5 Å². The molecule has 1 atom stereocenters. The highest BCUT2D eigenvalue weighted by molar-refractivity contribution is 7.89. The fourth-order valence-electron chi connectivity index (χ4n) is 4.57. The molecule has 2 fully saturated rings. The first-order chi connectivity index (χ1) is 15.0. The second kappa shape index (κ2) is 9.40. The van der Waals surface area contributed by atoms with E-state index in [0.717, 1.165) is 43.6 Å². The van der Waals surface area contributed by atoms with E-state index < -0.39 is 10.0 Å². The fourth-order valence-corrected chi connectivity index (χ4v) is 6.31. The van der Waals surface area contributed by atoms with Gasteiger partial charge in [-0.2, -0.15) is 4.31 Å². The third kappa shape index (κ3) is 4.77. The number of hydrogen-bond acceptors (Lipinski definition) is 4. The number of hydrogen-bond donors (Lipinski definition) is 1. The number of nitrogens with zero attached hydrogens (tertiary/aromatic N) is 2. The molecule has 0 aromatic heterocycles. The Kier molecular flexibility index (Phi) is 6.62. The fraction of sp³-hybridized carbons (Fsp3) is 0.458. The summed E-state index contributed by atoms with van der Waals surface area (Å²) in [6.45, 7) is 4.98. The van der Waals surface area contributed by atoms with Gasteiger partial charge in [0.15, 0.2) is 0 Å². The highest BCUT2D eigenvalue weighted by Gasteiger charge is 2.31. The first-order valence-electron chi connectivity index (χ1n) is 11.2. The summed E-state index contributed by atoms with van der Waals surface area (Å²) < 4.78 is 27.8. The molecule has 2 saturated heterocycles. The Bertz CT molecular complexity index is 1030. The van der Waals surface area contributed by atoms with E-state index in [1.807, 2.05) is 25.1 Å². The van der Waals surface area contributed by atoms with Crippen molar-refractivity contribution in [1.82, 2.24) is 9.62 Å². The molecular formula is C24H31N3O3S. The molecule has 0 spiro atoms. The number of anilines is 1. The molecule has 31 heavy (non-hydrogen) atoms. The number of benzene rings is 2. The summed E-state index contributed by atoms with van der Waals surface area (Å²) in [5.41, 5.74) is 2.60. The number of amides is 1. The molecule has 2 aromatic carbocycles. The van der Waals surface area contributed by atoms with E-state index in [-0.39, 0.29) is 16.8 Å². The highest BCUT2D eigenvalue weighted by Crippen LogP contribution is 2.26. The maximum absolute atomic E-state index is 13.1. The molecule has 2 aliphatic rings. The van der Waals surface area contributed by atoms with Crippen LogP contribution in [0.5, 0.6) is 0 Å². The SMILES string of the molecule is CC1CCCCN1S(=O)(=O)c1cccc(C(=O)NCc2ccccc2N2CCCC2)c1.